The van der Waals surface area contributed by atoms with Gasteiger partial charge in [-0.15, -0.1) is 0 Å². The summed E-state index contributed by atoms with van der Waals surface area (Å²) < 4.78 is 56.3. The van der Waals surface area contributed by atoms with Gasteiger partial charge in [0.15, 0.2) is 11.3 Å². The number of hydrogen-bond acceptors (Lipinski definition) is 5. The number of aromatic nitrogens is 1. The van der Waals surface area contributed by atoms with Crippen LogP contribution >= 0.6 is 0 Å². The van der Waals surface area contributed by atoms with Crippen LogP contribution in [0, 0.1) is 5.92 Å². The smallest absolute Gasteiger partial charge is 0.437 e. The number of benzene rings is 2. The molecule has 1 unspecified atom stereocenters. The largest absolute Gasteiger partial charge is 0.493 e. The summed E-state index contributed by atoms with van der Waals surface area (Å²) in [5.74, 6) is 0.0286. The second-order valence-electron chi connectivity index (χ2n) is 8.88. The molecule has 4 rings (SSSR count). The molecule has 1 aromatic heterocycles. The predicted octanol–water partition coefficient (Wildman–Crippen LogP) is 6.40. The van der Waals surface area contributed by atoms with Crippen LogP contribution in [0.25, 0.3) is 11.0 Å². The van der Waals surface area contributed by atoms with Crippen molar-refractivity contribution < 1.29 is 37.1 Å². The van der Waals surface area contributed by atoms with Crippen LogP contribution in [0.5, 0.6) is 11.5 Å². The number of alkyl halides is 3. The standard InChI is InChI=1S/C26H28F3NO5/c1-3-5-20-22(11-10-21-23(20)35-30-24(21)26(27,28)29)34-13-4-12-33-17-7-9-19-16(14-17)6-8-18(19)15(2)25(31)32/h7,9-11,14-15,18H,3-6,8,12-13H2,1-2H3,(H,31,32)/t15?,18-/m0/s1. The van der Waals surface area contributed by atoms with Crippen LogP contribution in [0.2, 0.25) is 0 Å². The Kier molecular flexibility index (Phi) is 7.23. The Hall–Kier alpha value is -3.23. The maximum atomic E-state index is 13.2. The van der Waals surface area contributed by atoms with E-state index in [1.807, 2.05) is 25.1 Å². The van der Waals surface area contributed by atoms with Crippen molar-refractivity contribution in [2.45, 2.75) is 58.0 Å². The summed E-state index contributed by atoms with van der Waals surface area (Å²) in [6, 6.07) is 8.66. The highest BCUT2D eigenvalue weighted by atomic mass is 19.4. The summed E-state index contributed by atoms with van der Waals surface area (Å²) in [5.41, 5.74) is 1.87. The van der Waals surface area contributed by atoms with E-state index >= 15 is 0 Å². The fraction of sp³-hybridized carbons (Fsp3) is 0.462. The van der Waals surface area contributed by atoms with Gasteiger partial charge in [-0.2, -0.15) is 13.2 Å². The predicted molar refractivity (Wildman–Crippen MR) is 123 cm³/mol. The van der Waals surface area contributed by atoms with Crippen molar-refractivity contribution >= 4 is 16.9 Å². The fourth-order valence-corrected chi connectivity index (χ4v) is 4.71. The molecule has 35 heavy (non-hydrogen) atoms. The molecule has 2 atom stereocenters. The van der Waals surface area contributed by atoms with Gasteiger partial charge in [0.2, 0.25) is 0 Å². The summed E-state index contributed by atoms with van der Waals surface area (Å²) in [4.78, 5) is 11.3. The molecule has 0 saturated heterocycles. The van der Waals surface area contributed by atoms with Crippen LogP contribution in [0.4, 0.5) is 13.2 Å². The second-order valence-corrected chi connectivity index (χ2v) is 8.88. The number of hydrogen-bond donors (Lipinski definition) is 1. The first-order chi connectivity index (χ1) is 16.7. The normalized spacial score (nSPS) is 16.3. The number of carboxylic acids is 1. The van der Waals surface area contributed by atoms with Gasteiger partial charge in [0, 0.05) is 12.0 Å². The minimum absolute atomic E-state index is 0.0242. The number of ether oxygens (including phenoxy) is 2. The molecule has 0 fully saturated rings. The molecule has 0 saturated carbocycles. The zero-order valence-corrected chi connectivity index (χ0v) is 19.7. The van der Waals surface area contributed by atoms with E-state index in [9.17, 15) is 23.1 Å². The number of aliphatic carboxylic acids is 1. The zero-order valence-electron chi connectivity index (χ0n) is 19.7. The average Bonchev–Trinajstić information content (AvgIpc) is 3.43. The molecule has 1 aliphatic rings. The fourth-order valence-electron chi connectivity index (χ4n) is 4.71. The quantitative estimate of drug-likeness (QED) is 0.331. The lowest BCUT2D eigenvalue weighted by molar-refractivity contribution is -0.142. The van der Waals surface area contributed by atoms with Crippen molar-refractivity contribution in [3.63, 3.8) is 0 Å². The van der Waals surface area contributed by atoms with Gasteiger partial charge in [-0.1, -0.05) is 31.5 Å². The van der Waals surface area contributed by atoms with Gasteiger partial charge in [0.25, 0.3) is 0 Å². The molecule has 1 heterocycles. The second kappa shape index (κ2) is 10.2. The third kappa shape index (κ3) is 5.23. The molecule has 1 N–H and O–H groups in total. The van der Waals surface area contributed by atoms with Crippen LogP contribution in [0.1, 0.15) is 61.4 Å². The van der Waals surface area contributed by atoms with Crippen molar-refractivity contribution in [3.8, 4) is 11.5 Å². The maximum absolute atomic E-state index is 13.2. The molecule has 0 amide bonds. The molecule has 0 aliphatic heterocycles. The molecule has 0 spiro atoms. The number of fused-ring (bicyclic) bond motifs is 2. The zero-order chi connectivity index (χ0) is 25.2. The topological polar surface area (TPSA) is 81.8 Å². The lowest BCUT2D eigenvalue weighted by Gasteiger charge is -2.16. The van der Waals surface area contributed by atoms with Crippen molar-refractivity contribution in [3.05, 3.63) is 52.7 Å². The van der Waals surface area contributed by atoms with E-state index in [4.69, 9.17) is 14.0 Å². The summed E-state index contributed by atoms with van der Waals surface area (Å²) in [6.07, 6.45) is -1.14. The Labute approximate surface area is 201 Å². The molecule has 0 radical (unpaired) electrons. The Morgan fingerprint density at radius 1 is 1.23 bits per heavy atom. The lowest BCUT2D eigenvalue weighted by atomic mass is 9.89. The highest BCUT2D eigenvalue weighted by Crippen LogP contribution is 2.40. The molecular weight excluding hydrogens is 463 g/mol. The summed E-state index contributed by atoms with van der Waals surface area (Å²) in [7, 11) is 0. The first kappa shape index (κ1) is 24.9. The summed E-state index contributed by atoms with van der Waals surface area (Å²) in [5, 5.41) is 12.5. The number of carboxylic acid groups (broad SMARTS) is 1. The molecule has 3 aromatic rings. The van der Waals surface area contributed by atoms with E-state index in [0.717, 1.165) is 29.7 Å². The van der Waals surface area contributed by atoms with Crippen molar-refractivity contribution in [2.24, 2.45) is 5.92 Å². The SMILES string of the molecule is CCCc1c(OCCCOc2ccc3c(c2)CC[C@H]3C(C)C(=O)O)ccc2c(C(F)(F)F)noc12. The van der Waals surface area contributed by atoms with Crippen LogP contribution < -0.4 is 9.47 Å². The molecular formula is C26H28F3NO5. The van der Waals surface area contributed by atoms with Crippen molar-refractivity contribution in [2.75, 3.05) is 13.2 Å². The van der Waals surface area contributed by atoms with Crippen LogP contribution in [0.3, 0.4) is 0 Å². The molecule has 9 heteroatoms. The number of halogens is 3. The Morgan fingerprint density at radius 3 is 2.71 bits per heavy atom. The first-order valence-corrected chi connectivity index (χ1v) is 11.8. The van der Waals surface area contributed by atoms with Crippen LogP contribution in [-0.2, 0) is 23.8 Å². The van der Waals surface area contributed by atoms with Gasteiger partial charge in [-0.25, -0.2) is 0 Å². The summed E-state index contributed by atoms with van der Waals surface area (Å²) in [6.45, 7) is 4.40. The van der Waals surface area contributed by atoms with Crippen molar-refractivity contribution in [1.82, 2.24) is 5.16 Å². The Morgan fingerprint density at radius 2 is 2.00 bits per heavy atom. The first-order valence-electron chi connectivity index (χ1n) is 11.8. The van der Waals surface area contributed by atoms with E-state index < -0.39 is 23.8 Å². The highest BCUT2D eigenvalue weighted by Gasteiger charge is 2.37. The van der Waals surface area contributed by atoms with E-state index in [-0.39, 0.29) is 16.9 Å². The Balaban J connectivity index is 1.34. The van der Waals surface area contributed by atoms with Gasteiger partial charge in [0.05, 0.1) is 24.5 Å². The lowest BCUT2D eigenvalue weighted by Crippen LogP contribution is -2.17. The van der Waals surface area contributed by atoms with Gasteiger partial charge in [0.1, 0.15) is 11.5 Å². The third-order valence-corrected chi connectivity index (χ3v) is 6.52. The van der Waals surface area contributed by atoms with Gasteiger partial charge in [-0.05, 0) is 60.6 Å². The monoisotopic (exact) mass is 491 g/mol. The van der Waals surface area contributed by atoms with E-state index in [1.54, 1.807) is 6.92 Å². The minimum atomic E-state index is -4.58. The average molecular weight is 492 g/mol. The molecule has 0 bridgehead atoms. The van der Waals surface area contributed by atoms with Crippen LogP contribution in [0.15, 0.2) is 34.9 Å². The van der Waals surface area contributed by atoms with Gasteiger partial charge >= 0.3 is 12.1 Å². The summed E-state index contributed by atoms with van der Waals surface area (Å²) >= 11 is 0. The van der Waals surface area contributed by atoms with Gasteiger partial charge in [-0.3, -0.25) is 4.79 Å². The molecule has 188 valence electrons. The van der Waals surface area contributed by atoms with E-state index in [0.29, 0.717) is 43.8 Å². The Bertz CT molecular complexity index is 1200. The maximum Gasteiger partial charge on any atom is 0.437 e. The minimum Gasteiger partial charge on any atom is -0.493 e. The van der Waals surface area contributed by atoms with Crippen LogP contribution in [-0.4, -0.2) is 29.4 Å². The third-order valence-electron chi connectivity index (χ3n) is 6.52. The van der Waals surface area contributed by atoms with Gasteiger partial charge < -0.3 is 19.1 Å². The van der Waals surface area contributed by atoms with E-state index in [1.165, 1.54) is 12.1 Å². The number of aryl methyl sites for hydroxylation is 2. The molecule has 1 aliphatic carbocycles. The molecule has 2 aromatic carbocycles. The highest BCUT2D eigenvalue weighted by molar-refractivity contribution is 5.85. The number of rotatable bonds is 10. The van der Waals surface area contributed by atoms with E-state index in [2.05, 4.69) is 5.16 Å². The van der Waals surface area contributed by atoms with Crippen molar-refractivity contribution in [1.29, 1.82) is 0 Å². The molecule has 6 nitrogen and oxygen atoms in total. The number of carbonyl (C=O) groups is 1. The number of nitrogens with zero attached hydrogens (tertiary/aromatic N) is 1.